The molecule has 1 aliphatic carbocycles. The fourth-order valence-electron chi connectivity index (χ4n) is 3.26. The van der Waals surface area contributed by atoms with Crippen molar-refractivity contribution in [3.8, 4) is 5.75 Å². The molecule has 0 bridgehead atoms. The van der Waals surface area contributed by atoms with Gasteiger partial charge in [0.15, 0.2) is 0 Å². The Balaban J connectivity index is 1.78. The third-order valence-electron chi connectivity index (χ3n) is 4.84. The molecule has 1 amide bonds. The fourth-order valence-corrected chi connectivity index (χ4v) is 3.26. The first kappa shape index (κ1) is 16.4. The molecule has 0 aromatic heterocycles. The Morgan fingerprint density at radius 1 is 1.29 bits per heavy atom. The van der Waals surface area contributed by atoms with E-state index in [1.165, 1.54) is 19.2 Å². The Morgan fingerprint density at radius 2 is 2.00 bits per heavy atom. The van der Waals surface area contributed by atoms with Gasteiger partial charge in [-0.3, -0.25) is 4.79 Å². The second kappa shape index (κ2) is 6.23. The Bertz CT molecular complexity index is 778. The Labute approximate surface area is 139 Å². The number of rotatable bonds is 5. The molecule has 2 aromatic rings. The highest BCUT2D eigenvalue weighted by Gasteiger charge is 2.53. The van der Waals surface area contributed by atoms with Gasteiger partial charge in [-0.25, -0.2) is 8.78 Å². The van der Waals surface area contributed by atoms with Crippen molar-refractivity contribution in [2.75, 3.05) is 13.7 Å². The van der Waals surface area contributed by atoms with Crippen molar-refractivity contribution in [2.24, 2.45) is 5.92 Å². The van der Waals surface area contributed by atoms with Crippen LogP contribution in [0.4, 0.5) is 8.78 Å². The second-order valence-electron chi connectivity index (χ2n) is 6.27. The Hall–Kier alpha value is -2.43. The SMILES string of the molecule is COc1ccccc1C(=O)NCC1(c2ccc(F)cc2F)CC1C. The number of hydrogen-bond acceptors (Lipinski definition) is 2. The summed E-state index contributed by atoms with van der Waals surface area (Å²) in [5.74, 6) is -0.728. The fraction of sp³-hybridized carbons (Fsp3) is 0.316. The van der Waals surface area contributed by atoms with E-state index in [2.05, 4.69) is 5.32 Å². The van der Waals surface area contributed by atoms with Crippen LogP contribution in [-0.4, -0.2) is 19.6 Å². The molecule has 24 heavy (non-hydrogen) atoms. The maximum atomic E-state index is 14.2. The summed E-state index contributed by atoms with van der Waals surface area (Å²) in [6.07, 6.45) is 0.752. The number of para-hydroxylation sites is 1. The van der Waals surface area contributed by atoms with Crippen molar-refractivity contribution in [1.82, 2.24) is 5.32 Å². The van der Waals surface area contributed by atoms with Crippen molar-refractivity contribution in [3.05, 3.63) is 65.2 Å². The molecule has 5 heteroatoms. The average Bonchev–Trinajstić information content (AvgIpc) is 3.23. The number of carbonyl (C=O) groups excluding carboxylic acids is 1. The standard InChI is InChI=1S/C19H19F2NO2/c1-12-10-19(12,15-8-7-13(20)9-16(15)21)11-22-18(23)14-5-3-4-6-17(14)24-2/h3-9,12H,10-11H2,1-2H3,(H,22,23). The third kappa shape index (κ3) is 2.86. The summed E-state index contributed by atoms with van der Waals surface area (Å²) >= 11 is 0. The first-order valence-electron chi connectivity index (χ1n) is 7.84. The molecule has 2 unspecified atom stereocenters. The van der Waals surface area contributed by atoms with Crippen LogP contribution in [0.2, 0.25) is 0 Å². The number of ether oxygens (including phenoxy) is 1. The van der Waals surface area contributed by atoms with Crippen LogP contribution in [0, 0.1) is 17.6 Å². The zero-order chi connectivity index (χ0) is 17.3. The molecule has 2 atom stereocenters. The van der Waals surface area contributed by atoms with E-state index in [1.807, 2.05) is 6.92 Å². The van der Waals surface area contributed by atoms with Gasteiger partial charge >= 0.3 is 0 Å². The van der Waals surface area contributed by atoms with Crippen LogP contribution in [0.15, 0.2) is 42.5 Å². The van der Waals surface area contributed by atoms with Crippen LogP contribution in [0.3, 0.4) is 0 Å². The summed E-state index contributed by atoms with van der Waals surface area (Å²) < 4.78 is 32.5. The molecule has 0 aliphatic heterocycles. The molecule has 1 aliphatic rings. The lowest BCUT2D eigenvalue weighted by atomic mass is 9.92. The predicted octanol–water partition coefficient (Wildman–Crippen LogP) is 3.68. The Kier molecular flexibility index (Phi) is 4.26. The van der Waals surface area contributed by atoms with Gasteiger partial charge in [0.25, 0.3) is 5.91 Å². The van der Waals surface area contributed by atoms with Crippen molar-refractivity contribution >= 4 is 5.91 Å². The Morgan fingerprint density at radius 3 is 2.62 bits per heavy atom. The number of carbonyl (C=O) groups is 1. The maximum absolute atomic E-state index is 14.2. The third-order valence-corrected chi connectivity index (χ3v) is 4.84. The van der Waals surface area contributed by atoms with Gasteiger partial charge in [0.1, 0.15) is 17.4 Å². The molecule has 0 heterocycles. The molecular weight excluding hydrogens is 312 g/mol. The van der Waals surface area contributed by atoms with Gasteiger partial charge < -0.3 is 10.1 Å². The number of nitrogens with one attached hydrogen (secondary N) is 1. The monoisotopic (exact) mass is 331 g/mol. The van der Waals surface area contributed by atoms with Crippen LogP contribution in [0.25, 0.3) is 0 Å². The highest BCUT2D eigenvalue weighted by Crippen LogP contribution is 2.54. The first-order valence-corrected chi connectivity index (χ1v) is 7.84. The smallest absolute Gasteiger partial charge is 0.255 e. The summed E-state index contributed by atoms with van der Waals surface area (Å²) in [6.45, 7) is 2.30. The molecule has 3 nitrogen and oxygen atoms in total. The molecule has 2 aromatic carbocycles. The topological polar surface area (TPSA) is 38.3 Å². The van der Waals surface area contributed by atoms with E-state index < -0.39 is 17.0 Å². The number of amides is 1. The van der Waals surface area contributed by atoms with Crippen molar-refractivity contribution < 1.29 is 18.3 Å². The van der Waals surface area contributed by atoms with Gasteiger partial charge in [-0.15, -0.1) is 0 Å². The largest absolute Gasteiger partial charge is 0.496 e. The van der Waals surface area contributed by atoms with E-state index in [0.29, 0.717) is 23.4 Å². The van der Waals surface area contributed by atoms with Crippen LogP contribution in [0.5, 0.6) is 5.75 Å². The van der Waals surface area contributed by atoms with Crippen LogP contribution in [0.1, 0.15) is 29.3 Å². The van der Waals surface area contributed by atoms with E-state index in [-0.39, 0.29) is 11.8 Å². The second-order valence-corrected chi connectivity index (χ2v) is 6.27. The van der Waals surface area contributed by atoms with Gasteiger partial charge in [0, 0.05) is 18.0 Å². The zero-order valence-corrected chi connectivity index (χ0v) is 13.6. The summed E-state index contributed by atoms with van der Waals surface area (Å²) in [5, 5.41) is 2.87. The number of halogens is 2. The van der Waals surface area contributed by atoms with Crippen LogP contribution >= 0.6 is 0 Å². The highest BCUT2D eigenvalue weighted by molar-refractivity contribution is 5.97. The van der Waals surface area contributed by atoms with E-state index >= 15 is 0 Å². The summed E-state index contributed by atoms with van der Waals surface area (Å²) in [7, 11) is 1.50. The summed E-state index contributed by atoms with van der Waals surface area (Å²) in [5.41, 5.74) is 0.412. The summed E-state index contributed by atoms with van der Waals surface area (Å²) in [6, 6.07) is 10.6. The van der Waals surface area contributed by atoms with Gasteiger partial charge in [0.05, 0.1) is 12.7 Å². The molecule has 0 spiro atoms. The first-order chi connectivity index (χ1) is 11.5. The zero-order valence-electron chi connectivity index (χ0n) is 13.6. The van der Waals surface area contributed by atoms with Crippen molar-refractivity contribution in [1.29, 1.82) is 0 Å². The normalized spacial score (nSPS) is 22.1. The molecule has 1 N–H and O–H groups in total. The van der Waals surface area contributed by atoms with Crippen molar-refractivity contribution in [2.45, 2.75) is 18.8 Å². The maximum Gasteiger partial charge on any atom is 0.255 e. The lowest BCUT2D eigenvalue weighted by molar-refractivity contribution is 0.0945. The number of benzene rings is 2. The minimum Gasteiger partial charge on any atom is -0.496 e. The van der Waals surface area contributed by atoms with Crippen LogP contribution in [-0.2, 0) is 5.41 Å². The minimum absolute atomic E-state index is 0.218. The van der Waals surface area contributed by atoms with Gasteiger partial charge in [0.2, 0.25) is 0 Å². The van der Waals surface area contributed by atoms with Gasteiger partial charge in [-0.05, 0) is 36.1 Å². The molecule has 1 fully saturated rings. The van der Waals surface area contributed by atoms with Gasteiger partial charge in [-0.1, -0.05) is 25.1 Å². The van der Waals surface area contributed by atoms with Gasteiger partial charge in [-0.2, -0.15) is 0 Å². The van der Waals surface area contributed by atoms with E-state index in [9.17, 15) is 13.6 Å². The lowest BCUT2D eigenvalue weighted by Crippen LogP contribution is -2.34. The van der Waals surface area contributed by atoms with E-state index in [0.717, 1.165) is 12.5 Å². The predicted molar refractivity (Wildman–Crippen MR) is 87.1 cm³/mol. The van der Waals surface area contributed by atoms with Crippen molar-refractivity contribution in [3.63, 3.8) is 0 Å². The molecule has 126 valence electrons. The minimum atomic E-state index is -0.599. The number of hydrogen-bond donors (Lipinski definition) is 1. The molecular formula is C19H19F2NO2. The average molecular weight is 331 g/mol. The quantitative estimate of drug-likeness (QED) is 0.908. The van der Waals surface area contributed by atoms with Crippen LogP contribution < -0.4 is 10.1 Å². The molecule has 3 rings (SSSR count). The van der Waals surface area contributed by atoms with E-state index in [1.54, 1.807) is 24.3 Å². The summed E-state index contributed by atoms with van der Waals surface area (Å²) in [4.78, 5) is 12.4. The number of methoxy groups -OCH3 is 1. The lowest BCUT2D eigenvalue weighted by Gasteiger charge is -2.19. The van der Waals surface area contributed by atoms with E-state index in [4.69, 9.17) is 4.74 Å². The molecule has 0 saturated heterocycles. The molecule has 0 radical (unpaired) electrons. The molecule has 1 saturated carbocycles. The highest BCUT2D eigenvalue weighted by atomic mass is 19.1.